The maximum atomic E-state index is 14.0. The number of halogens is 2. The Hall–Kier alpha value is -2.40. The maximum absolute atomic E-state index is 14.0. The second-order valence-electron chi connectivity index (χ2n) is 8.31. The summed E-state index contributed by atoms with van der Waals surface area (Å²) in [6.07, 6.45) is 4.84. The van der Waals surface area contributed by atoms with E-state index in [4.69, 9.17) is 11.6 Å². The van der Waals surface area contributed by atoms with Crippen LogP contribution < -0.4 is 5.32 Å². The summed E-state index contributed by atoms with van der Waals surface area (Å²) in [4.78, 5) is 12.6. The highest BCUT2D eigenvalue weighted by atomic mass is 35.5. The molecule has 0 saturated heterocycles. The van der Waals surface area contributed by atoms with Crippen LogP contribution in [-0.2, 0) is 0 Å². The number of amides is 1. The lowest BCUT2D eigenvalue weighted by atomic mass is 9.99. The molecule has 5 rings (SSSR count). The Morgan fingerprint density at radius 3 is 2.62 bits per heavy atom. The second-order valence-corrected chi connectivity index (χ2v) is 8.74. The molecule has 3 aromatic rings. The van der Waals surface area contributed by atoms with Gasteiger partial charge in [0.1, 0.15) is 5.82 Å². The van der Waals surface area contributed by atoms with Gasteiger partial charge in [0.05, 0.1) is 16.9 Å². The molecule has 0 aliphatic heterocycles. The predicted molar refractivity (Wildman–Crippen MR) is 111 cm³/mol. The van der Waals surface area contributed by atoms with Crippen LogP contribution in [0.5, 0.6) is 0 Å². The Bertz CT molecular complexity index is 1050. The number of hydrogen-bond acceptors (Lipinski definition) is 2. The van der Waals surface area contributed by atoms with Crippen LogP contribution in [-0.4, -0.2) is 21.7 Å². The molecule has 29 heavy (non-hydrogen) atoms. The molecule has 4 nitrogen and oxygen atoms in total. The SMILES string of the molecule is CCC(NC(=O)c1ccc(Cl)cc1)C1C2CC(n3cc4c(F)cccc4n3)CC21. The molecule has 2 aromatic carbocycles. The summed E-state index contributed by atoms with van der Waals surface area (Å²) in [5.74, 6) is 1.48. The zero-order valence-electron chi connectivity index (χ0n) is 16.2. The Balaban J connectivity index is 1.24. The number of nitrogens with zero attached hydrogens (tertiary/aromatic N) is 2. The van der Waals surface area contributed by atoms with Crippen LogP contribution in [0.15, 0.2) is 48.7 Å². The van der Waals surface area contributed by atoms with E-state index in [2.05, 4.69) is 17.3 Å². The Kier molecular flexibility index (Phi) is 4.58. The van der Waals surface area contributed by atoms with Crippen LogP contribution >= 0.6 is 11.6 Å². The Labute approximate surface area is 174 Å². The van der Waals surface area contributed by atoms with Gasteiger partial charge in [-0.15, -0.1) is 0 Å². The molecule has 1 N–H and O–H groups in total. The van der Waals surface area contributed by atoms with Crippen molar-refractivity contribution in [3.05, 3.63) is 65.1 Å². The molecule has 150 valence electrons. The van der Waals surface area contributed by atoms with Gasteiger partial charge in [0.2, 0.25) is 0 Å². The fraction of sp³-hybridized carbons (Fsp3) is 0.391. The first-order chi connectivity index (χ1) is 14.0. The lowest BCUT2D eigenvalue weighted by molar-refractivity contribution is 0.0926. The third-order valence-corrected chi connectivity index (χ3v) is 6.95. The van der Waals surface area contributed by atoms with Crippen LogP contribution in [0.2, 0.25) is 5.02 Å². The van der Waals surface area contributed by atoms with E-state index in [1.54, 1.807) is 30.3 Å². The molecular formula is C23H23ClFN3O. The predicted octanol–water partition coefficient (Wildman–Crippen LogP) is 5.23. The van der Waals surface area contributed by atoms with Crippen molar-refractivity contribution >= 4 is 28.4 Å². The topological polar surface area (TPSA) is 46.9 Å². The van der Waals surface area contributed by atoms with E-state index >= 15 is 0 Å². The molecule has 1 aromatic heterocycles. The summed E-state index contributed by atoms with van der Waals surface area (Å²) in [6.45, 7) is 2.13. The molecular weight excluding hydrogens is 389 g/mol. The van der Waals surface area contributed by atoms with E-state index in [-0.39, 0.29) is 17.8 Å². The van der Waals surface area contributed by atoms with Gasteiger partial charge in [-0.05, 0) is 73.4 Å². The van der Waals surface area contributed by atoms with Crippen molar-refractivity contribution in [2.75, 3.05) is 0 Å². The van der Waals surface area contributed by atoms with Crippen molar-refractivity contribution in [2.24, 2.45) is 17.8 Å². The highest BCUT2D eigenvalue weighted by Crippen LogP contribution is 2.62. The lowest BCUT2D eigenvalue weighted by Gasteiger charge is -2.21. The van der Waals surface area contributed by atoms with E-state index in [9.17, 15) is 9.18 Å². The fourth-order valence-corrected chi connectivity index (χ4v) is 5.34. The zero-order chi connectivity index (χ0) is 20.1. The van der Waals surface area contributed by atoms with Crippen LogP contribution in [0, 0.1) is 23.6 Å². The maximum Gasteiger partial charge on any atom is 0.251 e. The average Bonchev–Trinajstić information content (AvgIpc) is 3.08. The van der Waals surface area contributed by atoms with Crippen molar-refractivity contribution in [1.82, 2.24) is 15.1 Å². The lowest BCUT2D eigenvalue weighted by Crippen LogP contribution is -2.37. The number of carbonyl (C=O) groups excluding carboxylic acids is 1. The third kappa shape index (κ3) is 3.31. The first kappa shape index (κ1) is 18.6. The van der Waals surface area contributed by atoms with Gasteiger partial charge in [-0.1, -0.05) is 24.6 Å². The van der Waals surface area contributed by atoms with Crippen LogP contribution in [0.4, 0.5) is 4.39 Å². The van der Waals surface area contributed by atoms with Crippen molar-refractivity contribution < 1.29 is 9.18 Å². The van der Waals surface area contributed by atoms with Gasteiger partial charge >= 0.3 is 0 Å². The number of rotatable bonds is 5. The molecule has 3 atom stereocenters. The number of aromatic nitrogens is 2. The van der Waals surface area contributed by atoms with Crippen molar-refractivity contribution in [3.63, 3.8) is 0 Å². The molecule has 3 unspecified atom stereocenters. The van der Waals surface area contributed by atoms with Crippen molar-refractivity contribution in [3.8, 4) is 0 Å². The van der Waals surface area contributed by atoms with E-state index in [0.717, 1.165) is 19.3 Å². The van der Waals surface area contributed by atoms with E-state index in [1.807, 2.05) is 16.9 Å². The summed E-state index contributed by atoms with van der Waals surface area (Å²) >= 11 is 5.91. The number of benzene rings is 2. The van der Waals surface area contributed by atoms with E-state index in [1.165, 1.54) is 6.07 Å². The molecule has 0 bridgehead atoms. The van der Waals surface area contributed by atoms with Gasteiger partial charge in [-0.25, -0.2) is 4.39 Å². The summed E-state index contributed by atoms with van der Waals surface area (Å²) in [5.41, 5.74) is 1.35. The minimum Gasteiger partial charge on any atom is -0.349 e. The Morgan fingerprint density at radius 1 is 1.24 bits per heavy atom. The highest BCUT2D eigenvalue weighted by Gasteiger charge is 2.59. The monoisotopic (exact) mass is 411 g/mol. The summed E-state index contributed by atoms with van der Waals surface area (Å²) in [7, 11) is 0. The molecule has 6 heteroatoms. The van der Waals surface area contributed by atoms with Gasteiger partial charge in [0.15, 0.2) is 0 Å². The average molecular weight is 412 g/mol. The molecule has 0 spiro atoms. The quantitative estimate of drug-likeness (QED) is 0.624. The molecule has 2 aliphatic rings. The smallest absolute Gasteiger partial charge is 0.251 e. The molecule has 1 heterocycles. The van der Waals surface area contributed by atoms with E-state index in [0.29, 0.717) is 45.3 Å². The third-order valence-electron chi connectivity index (χ3n) is 6.70. The molecule has 2 saturated carbocycles. The van der Waals surface area contributed by atoms with Crippen molar-refractivity contribution in [1.29, 1.82) is 0 Å². The summed E-state index contributed by atoms with van der Waals surface area (Å²) in [6, 6.07) is 12.5. The number of hydrogen-bond donors (Lipinski definition) is 1. The van der Waals surface area contributed by atoms with Gasteiger partial charge in [-0.2, -0.15) is 5.10 Å². The summed E-state index contributed by atoms with van der Waals surface area (Å²) < 4.78 is 15.9. The molecule has 2 fully saturated rings. The van der Waals surface area contributed by atoms with E-state index < -0.39 is 0 Å². The number of fused-ring (bicyclic) bond motifs is 2. The normalized spacial score (nSPS) is 26.3. The molecule has 1 amide bonds. The largest absolute Gasteiger partial charge is 0.349 e. The van der Waals surface area contributed by atoms with Gasteiger partial charge in [-0.3, -0.25) is 9.48 Å². The van der Waals surface area contributed by atoms with Crippen molar-refractivity contribution in [2.45, 2.75) is 38.3 Å². The van der Waals surface area contributed by atoms with Gasteiger partial charge in [0, 0.05) is 22.8 Å². The number of carbonyl (C=O) groups is 1. The highest BCUT2D eigenvalue weighted by molar-refractivity contribution is 6.30. The minimum atomic E-state index is -0.217. The Morgan fingerprint density at radius 2 is 1.97 bits per heavy atom. The zero-order valence-corrected chi connectivity index (χ0v) is 16.9. The summed E-state index contributed by atoms with van der Waals surface area (Å²) in [5, 5.41) is 9.03. The standard InChI is InChI=1S/C23H23ClFN3O/c1-2-20(26-23(29)13-6-8-14(24)9-7-13)22-16-10-15(11-17(16)22)28-12-18-19(25)4-3-5-21(18)27-28/h3-9,12,15-17,20,22H,2,10-11H2,1H3,(H,26,29). The molecule has 2 aliphatic carbocycles. The van der Waals surface area contributed by atoms with Crippen LogP contribution in [0.1, 0.15) is 42.6 Å². The minimum absolute atomic E-state index is 0.0381. The molecule has 0 radical (unpaired) electrons. The second kappa shape index (κ2) is 7.13. The first-order valence-electron chi connectivity index (χ1n) is 10.2. The number of nitrogens with one attached hydrogen (secondary N) is 1. The van der Waals surface area contributed by atoms with Crippen LogP contribution in [0.25, 0.3) is 10.9 Å². The van der Waals surface area contributed by atoms with Gasteiger partial charge < -0.3 is 5.32 Å². The fourth-order valence-electron chi connectivity index (χ4n) is 5.21. The first-order valence-corrected chi connectivity index (χ1v) is 10.6. The van der Waals surface area contributed by atoms with Gasteiger partial charge in [0.25, 0.3) is 5.91 Å². The van der Waals surface area contributed by atoms with Crippen LogP contribution in [0.3, 0.4) is 0 Å².